The quantitative estimate of drug-likeness (QED) is 0.688. The van der Waals surface area contributed by atoms with E-state index in [4.69, 9.17) is 0 Å². The topological polar surface area (TPSA) is 86.8 Å². The highest BCUT2D eigenvalue weighted by molar-refractivity contribution is 7.89. The summed E-state index contributed by atoms with van der Waals surface area (Å²) in [5, 5.41) is 0. The largest absolute Gasteiger partial charge is 0.342 e. The van der Waals surface area contributed by atoms with Crippen molar-refractivity contribution in [1.82, 2.24) is 9.62 Å². The third kappa shape index (κ3) is 4.69. The number of nitrogens with one attached hydrogen (secondary N) is 1. The minimum atomic E-state index is -3.61. The lowest BCUT2D eigenvalue weighted by atomic mass is 9.81. The monoisotopic (exact) mass is 473 g/mol. The summed E-state index contributed by atoms with van der Waals surface area (Å²) in [7, 11) is -3.61. The van der Waals surface area contributed by atoms with E-state index in [0.29, 0.717) is 18.9 Å². The summed E-state index contributed by atoms with van der Waals surface area (Å²) in [6.45, 7) is 4.22. The molecule has 1 atom stereocenters. The van der Waals surface area contributed by atoms with Crippen LogP contribution in [0.4, 0.5) is 5.69 Å². The first-order chi connectivity index (χ1) is 15.8. The van der Waals surface area contributed by atoms with Crippen molar-refractivity contribution in [3.8, 4) is 0 Å². The van der Waals surface area contributed by atoms with E-state index >= 15 is 0 Å². The molecule has 1 N–H and O–H groups in total. The molecule has 8 heteroatoms. The maximum absolute atomic E-state index is 13.0. The van der Waals surface area contributed by atoms with Gasteiger partial charge in [-0.1, -0.05) is 0 Å². The van der Waals surface area contributed by atoms with Crippen molar-refractivity contribution in [1.29, 1.82) is 0 Å². The third-order valence-electron chi connectivity index (χ3n) is 7.92. The second kappa shape index (κ2) is 9.02. The number of likely N-dealkylation sites (tertiary alicyclic amines) is 1. The Morgan fingerprint density at radius 2 is 1.61 bits per heavy atom. The van der Waals surface area contributed by atoms with Crippen LogP contribution in [0, 0.1) is 17.8 Å². The molecule has 0 aromatic heterocycles. The number of benzene rings is 1. The van der Waals surface area contributed by atoms with E-state index < -0.39 is 10.0 Å². The zero-order chi connectivity index (χ0) is 23.2. The first-order valence-electron chi connectivity index (χ1n) is 12.6. The molecule has 1 aromatic carbocycles. The fourth-order valence-corrected chi connectivity index (χ4v) is 6.92. The number of carbonyl (C=O) groups excluding carboxylic acids is 2. The molecule has 180 valence electrons. The molecule has 33 heavy (non-hydrogen) atoms. The molecule has 2 heterocycles. The van der Waals surface area contributed by atoms with Gasteiger partial charge in [-0.05, 0) is 94.4 Å². The van der Waals surface area contributed by atoms with Crippen molar-refractivity contribution in [2.24, 2.45) is 17.8 Å². The molecule has 7 nitrogen and oxygen atoms in total. The summed E-state index contributed by atoms with van der Waals surface area (Å²) in [4.78, 5) is 29.4. The van der Waals surface area contributed by atoms with Gasteiger partial charge in [0.25, 0.3) is 0 Å². The molecule has 5 rings (SSSR count). The molecule has 3 fully saturated rings. The lowest BCUT2D eigenvalue weighted by molar-refractivity contribution is -0.135. The summed E-state index contributed by atoms with van der Waals surface area (Å²) < 4.78 is 28.8. The molecular weight excluding hydrogens is 438 g/mol. The van der Waals surface area contributed by atoms with Gasteiger partial charge in [0.2, 0.25) is 21.8 Å². The number of rotatable bonds is 6. The van der Waals surface area contributed by atoms with Crippen LogP contribution in [0.2, 0.25) is 0 Å². The van der Waals surface area contributed by atoms with Gasteiger partial charge < -0.3 is 9.80 Å². The number of fused-ring (bicyclic) bond motifs is 1. The second-order valence-corrected chi connectivity index (χ2v) is 12.2. The number of carbonyl (C=O) groups is 2. The number of anilines is 1. The predicted octanol–water partition coefficient (Wildman–Crippen LogP) is 3.08. The van der Waals surface area contributed by atoms with Crippen molar-refractivity contribution in [2.45, 2.75) is 75.6 Å². The molecule has 2 aliphatic carbocycles. The Labute approximate surface area is 196 Å². The van der Waals surface area contributed by atoms with Crippen LogP contribution < -0.4 is 9.62 Å². The van der Waals surface area contributed by atoms with Crippen molar-refractivity contribution in [2.75, 3.05) is 24.5 Å². The minimum absolute atomic E-state index is 0.0671. The van der Waals surface area contributed by atoms with Crippen molar-refractivity contribution < 1.29 is 18.0 Å². The Hall–Kier alpha value is -1.93. The van der Waals surface area contributed by atoms with Gasteiger partial charge >= 0.3 is 0 Å². The van der Waals surface area contributed by atoms with Gasteiger partial charge in [-0.3, -0.25) is 9.59 Å². The number of nitrogens with zero attached hydrogens (tertiary/aromatic N) is 2. The molecule has 1 saturated heterocycles. The smallest absolute Gasteiger partial charge is 0.240 e. The maximum Gasteiger partial charge on any atom is 0.240 e. The fraction of sp³-hybridized carbons (Fsp3) is 0.680. The fourth-order valence-electron chi connectivity index (χ4n) is 5.76. The Kier molecular flexibility index (Phi) is 6.25. The number of hydrogen-bond donors (Lipinski definition) is 1. The van der Waals surface area contributed by atoms with E-state index in [9.17, 15) is 18.0 Å². The van der Waals surface area contributed by atoms with E-state index in [0.717, 1.165) is 75.7 Å². The predicted molar refractivity (Wildman–Crippen MR) is 126 cm³/mol. The summed E-state index contributed by atoms with van der Waals surface area (Å²) in [6.07, 6.45) is 8.29. The lowest BCUT2D eigenvalue weighted by Crippen LogP contribution is -2.37. The average molecular weight is 474 g/mol. The molecular formula is C25H35N3O4S. The summed E-state index contributed by atoms with van der Waals surface area (Å²) in [5.74, 6) is 0.991. The van der Waals surface area contributed by atoms with Crippen LogP contribution in [0.3, 0.4) is 0 Å². The molecule has 4 aliphatic rings. The van der Waals surface area contributed by atoms with Gasteiger partial charge in [-0.15, -0.1) is 0 Å². The van der Waals surface area contributed by atoms with E-state index in [1.807, 2.05) is 16.7 Å². The van der Waals surface area contributed by atoms with E-state index in [-0.39, 0.29) is 34.6 Å². The number of sulfonamides is 1. The highest BCUT2D eigenvalue weighted by Crippen LogP contribution is 2.39. The van der Waals surface area contributed by atoms with Gasteiger partial charge in [-0.2, -0.15) is 0 Å². The van der Waals surface area contributed by atoms with Gasteiger partial charge in [0.15, 0.2) is 0 Å². The van der Waals surface area contributed by atoms with E-state index in [1.54, 1.807) is 18.2 Å². The zero-order valence-electron chi connectivity index (χ0n) is 19.5. The van der Waals surface area contributed by atoms with Crippen LogP contribution in [0.25, 0.3) is 0 Å². The van der Waals surface area contributed by atoms with E-state index in [2.05, 4.69) is 4.72 Å². The zero-order valence-corrected chi connectivity index (χ0v) is 20.3. The Balaban J connectivity index is 1.17. The highest BCUT2D eigenvalue weighted by atomic mass is 32.2. The van der Waals surface area contributed by atoms with Crippen LogP contribution in [-0.4, -0.2) is 50.8 Å². The van der Waals surface area contributed by atoms with Gasteiger partial charge in [-0.25, -0.2) is 13.1 Å². The highest BCUT2D eigenvalue weighted by Gasteiger charge is 2.40. The van der Waals surface area contributed by atoms with Crippen molar-refractivity contribution >= 4 is 27.5 Å². The Morgan fingerprint density at radius 3 is 2.27 bits per heavy atom. The van der Waals surface area contributed by atoms with Crippen LogP contribution in [0.15, 0.2) is 23.1 Å². The second-order valence-electron chi connectivity index (χ2n) is 10.4. The summed E-state index contributed by atoms with van der Waals surface area (Å²) in [5.41, 5.74) is 1.79. The Morgan fingerprint density at radius 1 is 0.970 bits per heavy atom. The summed E-state index contributed by atoms with van der Waals surface area (Å²) >= 11 is 0. The van der Waals surface area contributed by atoms with Crippen molar-refractivity contribution in [3.63, 3.8) is 0 Å². The van der Waals surface area contributed by atoms with E-state index in [1.165, 1.54) is 0 Å². The first-order valence-corrected chi connectivity index (χ1v) is 14.1. The summed E-state index contributed by atoms with van der Waals surface area (Å²) in [6, 6.07) is 5.22. The van der Waals surface area contributed by atoms with Crippen LogP contribution in [0.5, 0.6) is 0 Å². The molecule has 0 spiro atoms. The number of amides is 2. The Bertz CT molecular complexity index is 1020. The molecule has 2 saturated carbocycles. The number of hydrogen-bond acceptors (Lipinski definition) is 4. The lowest BCUT2D eigenvalue weighted by Gasteiger charge is -2.30. The average Bonchev–Trinajstić information content (AvgIpc) is 3.41. The molecule has 0 bridgehead atoms. The SMILES string of the molecule is C[C@@H]1Cc2cc(S(=O)(=O)NCC3CCC(C(=O)N4CCCC4)CC3)ccc2N1C(=O)C1CC1. The molecule has 2 aliphatic heterocycles. The maximum atomic E-state index is 13.0. The molecule has 2 amide bonds. The van der Waals surface area contributed by atoms with Crippen molar-refractivity contribution in [3.05, 3.63) is 23.8 Å². The molecule has 0 radical (unpaired) electrons. The van der Waals surface area contributed by atoms with Gasteiger partial charge in [0.05, 0.1) is 4.90 Å². The minimum Gasteiger partial charge on any atom is -0.342 e. The van der Waals surface area contributed by atoms with Crippen LogP contribution in [0.1, 0.15) is 63.9 Å². The standard InChI is InChI=1S/C25H35N3O4S/c1-17-14-21-15-22(10-11-23(21)28(17)25(30)20-8-9-20)33(31,32)26-16-18-4-6-19(7-5-18)24(29)27-12-2-3-13-27/h10-11,15,17-20,26H,2-9,12-14,16H2,1H3/t17-,18?,19?/m1/s1. The van der Waals surface area contributed by atoms with Gasteiger partial charge in [0, 0.05) is 43.2 Å². The van der Waals surface area contributed by atoms with Gasteiger partial charge in [0.1, 0.15) is 0 Å². The van der Waals surface area contributed by atoms with Crippen LogP contribution in [-0.2, 0) is 26.0 Å². The third-order valence-corrected chi connectivity index (χ3v) is 9.34. The molecule has 1 aromatic rings. The first kappa shape index (κ1) is 22.8. The molecule has 0 unspecified atom stereocenters. The van der Waals surface area contributed by atoms with Crippen LogP contribution >= 0.6 is 0 Å². The normalized spacial score (nSPS) is 27.6.